The van der Waals surface area contributed by atoms with E-state index in [-0.39, 0.29) is 22.1 Å². The fourth-order valence-electron chi connectivity index (χ4n) is 2.59. The molecule has 2 aromatic carbocycles. The molecule has 0 aliphatic rings. The van der Waals surface area contributed by atoms with Crippen LogP contribution >= 0.6 is 0 Å². The van der Waals surface area contributed by atoms with Crippen molar-refractivity contribution >= 4 is 22.8 Å². The summed E-state index contributed by atoms with van der Waals surface area (Å²) >= 11 is 0. The first-order chi connectivity index (χ1) is 13.2. The van der Waals surface area contributed by atoms with Crippen molar-refractivity contribution in [1.29, 1.82) is 0 Å². The largest absolute Gasteiger partial charge is 0.506 e. The van der Waals surface area contributed by atoms with E-state index >= 15 is 0 Å². The SMILES string of the molecule is O=C(O)CNC(=O)c1c(O)c2cccc(-c3cc(F)c(F)c(F)c3)c2oc1=O. The third-order valence-electron chi connectivity index (χ3n) is 3.83. The Balaban J connectivity index is 2.21. The second kappa shape index (κ2) is 7.06. The van der Waals surface area contributed by atoms with Crippen LogP contribution in [-0.2, 0) is 4.79 Å². The number of carboxylic acid groups (broad SMARTS) is 1. The molecule has 0 unspecified atom stereocenters. The molecule has 0 atom stereocenters. The van der Waals surface area contributed by atoms with Gasteiger partial charge in [-0.05, 0) is 23.8 Å². The third kappa shape index (κ3) is 3.27. The van der Waals surface area contributed by atoms with E-state index in [1.165, 1.54) is 18.2 Å². The minimum atomic E-state index is -1.68. The van der Waals surface area contributed by atoms with Gasteiger partial charge >= 0.3 is 11.6 Å². The third-order valence-corrected chi connectivity index (χ3v) is 3.83. The molecule has 0 radical (unpaired) electrons. The fraction of sp³-hybridized carbons (Fsp3) is 0.0556. The molecule has 3 aromatic rings. The molecule has 144 valence electrons. The van der Waals surface area contributed by atoms with E-state index in [9.17, 15) is 32.7 Å². The lowest BCUT2D eigenvalue weighted by Gasteiger charge is -2.10. The number of carbonyl (C=O) groups excluding carboxylic acids is 1. The van der Waals surface area contributed by atoms with Gasteiger partial charge in [-0.15, -0.1) is 0 Å². The number of para-hydroxylation sites is 1. The average molecular weight is 393 g/mol. The van der Waals surface area contributed by atoms with Crippen LogP contribution in [0.15, 0.2) is 39.5 Å². The summed E-state index contributed by atoms with van der Waals surface area (Å²) in [5.74, 6) is -7.98. The van der Waals surface area contributed by atoms with Crippen LogP contribution in [0.4, 0.5) is 13.2 Å². The maximum atomic E-state index is 13.5. The number of benzene rings is 2. The highest BCUT2D eigenvalue weighted by Crippen LogP contribution is 2.34. The van der Waals surface area contributed by atoms with E-state index in [1.807, 2.05) is 5.32 Å². The van der Waals surface area contributed by atoms with E-state index in [0.29, 0.717) is 12.1 Å². The van der Waals surface area contributed by atoms with Gasteiger partial charge in [0.1, 0.15) is 17.9 Å². The molecule has 28 heavy (non-hydrogen) atoms. The van der Waals surface area contributed by atoms with Crippen LogP contribution < -0.4 is 10.9 Å². The van der Waals surface area contributed by atoms with E-state index < -0.39 is 52.8 Å². The molecule has 1 amide bonds. The summed E-state index contributed by atoms with van der Waals surface area (Å²) in [5, 5.41) is 20.7. The van der Waals surface area contributed by atoms with Gasteiger partial charge < -0.3 is 19.9 Å². The van der Waals surface area contributed by atoms with Gasteiger partial charge in [0.25, 0.3) is 5.91 Å². The first kappa shape index (κ1) is 19.0. The highest BCUT2D eigenvalue weighted by atomic mass is 19.2. The Bertz CT molecular complexity index is 1160. The van der Waals surface area contributed by atoms with Gasteiger partial charge in [-0.2, -0.15) is 0 Å². The van der Waals surface area contributed by atoms with Gasteiger partial charge in [0.2, 0.25) is 0 Å². The van der Waals surface area contributed by atoms with Crippen molar-refractivity contribution in [3.63, 3.8) is 0 Å². The summed E-state index contributed by atoms with van der Waals surface area (Å²) in [5.41, 5.74) is -2.65. The molecule has 3 N–H and O–H groups in total. The highest BCUT2D eigenvalue weighted by Gasteiger charge is 2.23. The topological polar surface area (TPSA) is 117 Å². The second-order valence-corrected chi connectivity index (χ2v) is 5.63. The van der Waals surface area contributed by atoms with Gasteiger partial charge in [0, 0.05) is 5.56 Å². The normalized spacial score (nSPS) is 10.8. The van der Waals surface area contributed by atoms with Crippen molar-refractivity contribution in [1.82, 2.24) is 5.32 Å². The Morgan fingerprint density at radius 2 is 1.75 bits per heavy atom. The van der Waals surface area contributed by atoms with Gasteiger partial charge in [0.05, 0.1) is 5.39 Å². The molecular formula is C18H10F3NO6. The number of rotatable bonds is 4. The van der Waals surface area contributed by atoms with E-state index in [4.69, 9.17) is 9.52 Å². The molecule has 0 aliphatic carbocycles. The van der Waals surface area contributed by atoms with Crippen LogP contribution in [-0.4, -0.2) is 28.6 Å². The zero-order chi connectivity index (χ0) is 20.6. The second-order valence-electron chi connectivity index (χ2n) is 5.63. The summed E-state index contributed by atoms with van der Waals surface area (Å²) in [6.07, 6.45) is 0. The number of fused-ring (bicyclic) bond motifs is 1. The Kier molecular flexibility index (Phi) is 4.78. The highest BCUT2D eigenvalue weighted by molar-refractivity contribution is 6.04. The van der Waals surface area contributed by atoms with Gasteiger partial charge in [-0.25, -0.2) is 18.0 Å². The molecule has 0 fully saturated rings. The van der Waals surface area contributed by atoms with E-state index in [2.05, 4.69) is 0 Å². The Morgan fingerprint density at radius 1 is 1.11 bits per heavy atom. The van der Waals surface area contributed by atoms with Crippen molar-refractivity contribution in [3.05, 3.63) is 63.8 Å². The number of aliphatic carboxylic acids is 1. The number of hydrogen-bond donors (Lipinski definition) is 3. The maximum Gasteiger partial charge on any atom is 0.353 e. The van der Waals surface area contributed by atoms with Gasteiger partial charge in [-0.1, -0.05) is 12.1 Å². The number of halogens is 3. The Labute approximate surface area is 153 Å². The molecule has 7 nitrogen and oxygen atoms in total. The zero-order valence-electron chi connectivity index (χ0n) is 13.8. The summed E-state index contributed by atoms with van der Waals surface area (Å²) in [7, 11) is 0. The number of aromatic hydroxyl groups is 1. The summed E-state index contributed by atoms with van der Waals surface area (Å²) < 4.78 is 45.3. The van der Waals surface area contributed by atoms with Crippen LogP contribution in [0.5, 0.6) is 5.75 Å². The van der Waals surface area contributed by atoms with Crippen molar-refractivity contribution in [2.24, 2.45) is 0 Å². The minimum absolute atomic E-state index is 0.0415. The minimum Gasteiger partial charge on any atom is -0.506 e. The predicted molar refractivity (Wildman–Crippen MR) is 89.4 cm³/mol. The number of amides is 1. The Morgan fingerprint density at radius 3 is 2.36 bits per heavy atom. The smallest absolute Gasteiger partial charge is 0.353 e. The number of carboxylic acids is 1. The molecular weight excluding hydrogens is 383 g/mol. The monoisotopic (exact) mass is 393 g/mol. The van der Waals surface area contributed by atoms with Crippen LogP contribution in [0.3, 0.4) is 0 Å². The molecule has 10 heteroatoms. The van der Waals surface area contributed by atoms with Crippen LogP contribution in [0.25, 0.3) is 22.1 Å². The quantitative estimate of drug-likeness (QED) is 0.463. The van der Waals surface area contributed by atoms with Crippen molar-refractivity contribution in [2.75, 3.05) is 6.54 Å². The molecule has 0 saturated heterocycles. The summed E-state index contributed by atoms with van der Waals surface area (Å²) in [6.45, 7) is -0.802. The number of carbonyl (C=O) groups is 2. The lowest BCUT2D eigenvalue weighted by Crippen LogP contribution is -2.32. The lowest BCUT2D eigenvalue weighted by atomic mass is 10.0. The molecule has 3 rings (SSSR count). The van der Waals surface area contributed by atoms with Crippen molar-refractivity contribution in [3.8, 4) is 16.9 Å². The lowest BCUT2D eigenvalue weighted by molar-refractivity contribution is -0.135. The van der Waals surface area contributed by atoms with E-state index in [0.717, 1.165) is 0 Å². The average Bonchev–Trinajstić information content (AvgIpc) is 2.63. The standard InChI is InChI=1S/C18H10F3NO6/c19-10-4-7(5-11(20)14(10)21)8-2-1-3-9-15(25)13(18(27)28-16(8)9)17(26)22-6-12(23)24/h1-5,25H,6H2,(H,22,26)(H,23,24). The van der Waals surface area contributed by atoms with Gasteiger partial charge in [-0.3, -0.25) is 9.59 Å². The van der Waals surface area contributed by atoms with Crippen molar-refractivity contribution < 1.29 is 37.4 Å². The zero-order valence-corrected chi connectivity index (χ0v) is 13.8. The molecule has 0 bridgehead atoms. The van der Waals surface area contributed by atoms with Gasteiger partial charge in [0.15, 0.2) is 23.0 Å². The molecule has 0 spiro atoms. The Hall–Kier alpha value is -3.82. The van der Waals surface area contributed by atoms with Crippen LogP contribution in [0.1, 0.15) is 10.4 Å². The molecule has 1 aromatic heterocycles. The maximum absolute atomic E-state index is 13.5. The van der Waals surface area contributed by atoms with Crippen LogP contribution in [0, 0.1) is 17.5 Å². The molecule has 1 heterocycles. The van der Waals surface area contributed by atoms with E-state index in [1.54, 1.807) is 0 Å². The first-order valence-corrected chi connectivity index (χ1v) is 7.64. The fourth-order valence-corrected chi connectivity index (χ4v) is 2.59. The molecule has 0 aliphatic heterocycles. The predicted octanol–water partition coefficient (Wildman–Crippen LogP) is 2.40. The van der Waals surface area contributed by atoms with Crippen LogP contribution in [0.2, 0.25) is 0 Å². The summed E-state index contributed by atoms with van der Waals surface area (Å²) in [4.78, 5) is 34.7. The first-order valence-electron chi connectivity index (χ1n) is 7.64. The molecule has 0 saturated carbocycles. The van der Waals surface area contributed by atoms with Crippen molar-refractivity contribution in [2.45, 2.75) is 0 Å². The number of hydrogen-bond acceptors (Lipinski definition) is 5. The number of nitrogens with one attached hydrogen (secondary N) is 1. The summed E-state index contributed by atoms with van der Waals surface area (Å²) in [6, 6.07) is 5.27.